The third-order valence-electron chi connectivity index (χ3n) is 6.77. The van der Waals surface area contributed by atoms with E-state index in [1.807, 2.05) is 24.3 Å². The van der Waals surface area contributed by atoms with E-state index in [0.29, 0.717) is 29.1 Å². The lowest BCUT2D eigenvalue weighted by Gasteiger charge is -2.28. The lowest BCUT2D eigenvalue weighted by molar-refractivity contribution is -0.139. The fourth-order valence-corrected chi connectivity index (χ4v) is 4.79. The summed E-state index contributed by atoms with van der Waals surface area (Å²) < 4.78 is 5.36. The molecule has 1 saturated heterocycles. The predicted octanol–water partition coefficient (Wildman–Crippen LogP) is 2.69. The van der Waals surface area contributed by atoms with E-state index in [2.05, 4.69) is 10.6 Å². The Kier molecular flexibility index (Phi) is 7.54. The molecule has 2 heterocycles. The number of methoxy groups -OCH3 is 1. The number of aliphatic hydroxyl groups is 2. The zero-order valence-corrected chi connectivity index (χ0v) is 20.2. The van der Waals surface area contributed by atoms with Crippen LogP contribution < -0.4 is 20.3 Å². The number of amides is 2. The molecule has 35 heavy (non-hydrogen) atoms. The van der Waals surface area contributed by atoms with Gasteiger partial charge < -0.3 is 30.5 Å². The summed E-state index contributed by atoms with van der Waals surface area (Å²) in [4.78, 5) is 27.8. The van der Waals surface area contributed by atoms with Crippen LogP contribution in [0.4, 0.5) is 11.4 Å². The van der Waals surface area contributed by atoms with Crippen molar-refractivity contribution in [1.82, 2.24) is 5.32 Å². The second-order valence-electron chi connectivity index (χ2n) is 9.11. The highest BCUT2D eigenvalue weighted by Crippen LogP contribution is 2.47. The van der Waals surface area contributed by atoms with Crippen LogP contribution in [0, 0.1) is 5.92 Å². The first-order valence-corrected chi connectivity index (χ1v) is 12.0. The summed E-state index contributed by atoms with van der Waals surface area (Å²) in [6.07, 6.45) is 5.77. The minimum absolute atomic E-state index is 0.00415. The van der Waals surface area contributed by atoms with Gasteiger partial charge in [0.2, 0.25) is 5.91 Å². The number of aliphatic hydroxyl groups excluding tert-OH is 1. The molecular formula is C27H33N3O5. The van der Waals surface area contributed by atoms with Crippen molar-refractivity contribution in [3.05, 3.63) is 65.7 Å². The number of rotatable bonds is 9. The fourth-order valence-electron chi connectivity index (χ4n) is 4.79. The van der Waals surface area contributed by atoms with Crippen LogP contribution in [0.2, 0.25) is 0 Å². The number of hydrogen-bond donors (Lipinski definition) is 4. The number of nitrogens with zero attached hydrogens (tertiary/aromatic N) is 1. The first-order chi connectivity index (χ1) is 16.9. The number of benzene rings is 2. The van der Waals surface area contributed by atoms with E-state index in [1.165, 1.54) is 0 Å². The van der Waals surface area contributed by atoms with Gasteiger partial charge in [-0.2, -0.15) is 0 Å². The smallest absolute Gasteiger partial charge is 0.264 e. The predicted molar refractivity (Wildman–Crippen MR) is 134 cm³/mol. The Morgan fingerprint density at radius 3 is 2.89 bits per heavy atom. The topological polar surface area (TPSA) is 111 Å². The average molecular weight is 480 g/mol. The Bertz CT molecular complexity index is 1110. The average Bonchev–Trinajstić information content (AvgIpc) is 3.47. The van der Waals surface area contributed by atoms with Gasteiger partial charge in [-0.15, -0.1) is 0 Å². The minimum Gasteiger partial charge on any atom is -0.497 e. The van der Waals surface area contributed by atoms with Crippen LogP contribution in [0.15, 0.2) is 54.6 Å². The molecule has 0 spiro atoms. The van der Waals surface area contributed by atoms with Crippen LogP contribution in [0.3, 0.4) is 0 Å². The quantitative estimate of drug-likeness (QED) is 0.412. The van der Waals surface area contributed by atoms with Crippen molar-refractivity contribution in [3.63, 3.8) is 0 Å². The summed E-state index contributed by atoms with van der Waals surface area (Å²) in [5, 5.41) is 27.0. The minimum atomic E-state index is -1.77. The third-order valence-corrected chi connectivity index (χ3v) is 6.77. The van der Waals surface area contributed by atoms with Crippen molar-refractivity contribution in [2.75, 3.05) is 30.5 Å². The number of nitrogens with one attached hydrogen (secondary N) is 2. The van der Waals surface area contributed by atoms with Gasteiger partial charge >= 0.3 is 0 Å². The molecule has 186 valence electrons. The Hall–Kier alpha value is -3.20. The number of hydrogen-bond acceptors (Lipinski definition) is 6. The molecule has 0 aromatic heterocycles. The second-order valence-corrected chi connectivity index (χ2v) is 9.11. The molecule has 2 amide bonds. The van der Waals surface area contributed by atoms with Gasteiger partial charge in [-0.05, 0) is 61.7 Å². The first-order valence-electron chi connectivity index (χ1n) is 12.0. The highest BCUT2D eigenvalue weighted by atomic mass is 16.5. The van der Waals surface area contributed by atoms with E-state index in [1.54, 1.807) is 49.3 Å². The Morgan fingerprint density at radius 1 is 1.34 bits per heavy atom. The second kappa shape index (κ2) is 10.6. The third kappa shape index (κ3) is 4.96. The molecule has 0 saturated carbocycles. The van der Waals surface area contributed by atoms with Crippen molar-refractivity contribution in [2.45, 2.75) is 44.4 Å². The number of anilines is 2. The van der Waals surface area contributed by atoms with Crippen molar-refractivity contribution in [1.29, 1.82) is 0 Å². The summed E-state index contributed by atoms with van der Waals surface area (Å²) in [5.74, 6) is -0.464. The van der Waals surface area contributed by atoms with Crippen molar-refractivity contribution < 1.29 is 24.5 Å². The van der Waals surface area contributed by atoms with Crippen LogP contribution in [0.1, 0.15) is 37.3 Å². The lowest BCUT2D eigenvalue weighted by atomic mass is 9.83. The first kappa shape index (κ1) is 24.9. The molecule has 2 aromatic carbocycles. The lowest BCUT2D eigenvalue weighted by Crippen LogP contribution is -2.44. The molecule has 8 heteroatoms. The highest BCUT2D eigenvalue weighted by molar-refractivity contribution is 6.07. The van der Waals surface area contributed by atoms with Gasteiger partial charge in [-0.1, -0.05) is 31.2 Å². The Balaban J connectivity index is 1.61. The normalized spacial score (nSPS) is 22.5. The van der Waals surface area contributed by atoms with Crippen LogP contribution in [0.5, 0.6) is 5.75 Å². The molecule has 0 bridgehead atoms. The maximum absolute atomic E-state index is 13.7. The molecule has 0 radical (unpaired) electrons. The molecule has 1 fully saturated rings. The van der Waals surface area contributed by atoms with Gasteiger partial charge in [0.25, 0.3) is 5.91 Å². The van der Waals surface area contributed by atoms with Gasteiger partial charge in [0, 0.05) is 23.8 Å². The molecule has 4 rings (SSSR count). The zero-order valence-electron chi connectivity index (χ0n) is 20.2. The van der Waals surface area contributed by atoms with E-state index < -0.39 is 17.4 Å². The van der Waals surface area contributed by atoms with E-state index in [4.69, 9.17) is 9.84 Å². The Labute approximate surface area is 205 Å². The van der Waals surface area contributed by atoms with E-state index in [-0.39, 0.29) is 25.1 Å². The molecule has 8 nitrogen and oxygen atoms in total. The summed E-state index contributed by atoms with van der Waals surface area (Å²) in [6, 6.07) is 12.5. The number of carbonyl (C=O) groups excluding carboxylic acids is 2. The standard InChI is InChI=1S/C27H33N3O5/c1-18(7-3-4-14-31)27(34)22-16-21(35-2)11-12-24(22)30(26(27)33)17-19-8-5-9-20(15-19)29-25(32)23-10-6-13-28-23/h3,5,7-9,11-12,15-16,18,23,28,31,34H,4,6,10,13-14,17H2,1-2H3,(H,29,32)/b7-3+/t18-,23+,27+/m0/s1. The molecule has 0 unspecified atom stereocenters. The van der Waals surface area contributed by atoms with Crippen LogP contribution >= 0.6 is 0 Å². The summed E-state index contributed by atoms with van der Waals surface area (Å²) in [6.45, 7) is 2.86. The van der Waals surface area contributed by atoms with Gasteiger partial charge in [-0.25, -0.2) is 0 Å². The fraction of sp³-hybridized carbons (Fsp3) is 0.407. The van der Waals surface area contributed by atoms with Crippen molar-refractivity contribution in [3.8, 4) is 5.75 Å². The van der Waals surface area contributed by atoms with Gasteiger partial charge in [0.15, 0.2) is 5.60 Å². The Morgan fingerprint density at radius 2 is 2.17 bits per heavy atom. The molecule has 3 atom stereocenters. The summed E-state index contributed by atoms with van der Waals surface area (Å²) >= 11 is 0. The molecule has 2 aromatic rings. The van der Waals surface area contributed by atoms with Gasteiger partial charge in [0.1, 0.15) is 5.75 Å². The summed E-state index contributed by atoms with van der Waals surface area (Å²) in [7, 11) is 1.54. The van der Waals surface area contributed by atoms with Gasteiger partial charge in [-0.3, -0.25) is 9.59 Å². The number of fused-ring (bicyclic) bond motifs is 1. The molecule has 4 N–H and O–H groups in total. The molecule has 0 aliphatic carbocycles. The molecular weight excluding hydrogens is 446 g/mol. The van der Waals surface area contributed by atoms with Crippen molar-refractivity contribution in [2.24, 2.45) is 5.92 Å². The largest absolute Gasteiger partial charge is 0.497 e. The zero-order chi connectivity index (χ0) is 25.0. The van der Waals surface area contributed by atoms with E-state index in [9.17, 15) is 14.7 Å². The molecule has 2 aliphatic heterocycles. The van der Waals surface area contributed by atoms with Crippen LogP contribution in [-0.2, 0) is 21.7 Å². The monoisotopic (exact) mass is 479 g/mol. The summed E-state index contributed by atoms with van der Waals surface area (Å²) in [5.41, 5.74) is 0.823. The maximum Gasteiger partial charge on any atom is 0.264 e. The van der Waals surface area contributed by atoms with Crippen LogP contribution in [0.25, 0.3) is 0 Å². The number of carbonyl (C=O) groups is 2. The highest BCUT2D eigenvalue weighted by Gasteiger charge is 2.52. The number of ether oxygens (including phenoxy) is 1. The van der Waals surface area contributed by atoms with Crippen molar-refractivity contribution >= 4 is 23.2 Å². The maximum atomic E-state index is 13.7. The van der Waals surface area contributed by atoms with Crippen LogP contribution in [-0.4, -0.2) is 48.3 Å². The SMILES string of the molecule is COc1ccc2c(c1)[C@](O)([C@@H](C)/C=C/CCO)C(=O)N2Cc1cccc(NC(=O)[C@H]2CCCN2)c1. The van der Waals surface area contributed by atoms with E-state index >= 15 is 0 Å². The molecule has 2 aliphatic rings. The van der Waals surface area contributed by atoms with E-state index in [0.717, 1.165) is 24.9 Å². The van der Waals surface area contributed by atoms with Gasteiger partial charge in [0.05, 0.1) is 25.4 Å².